The Morgan fingerprint density at radius 3 is 2.66 bits per heavy atom. The van der Waals surface area contributed by atoms with Gasteiger partial charge in [0.2, 0.25) is 0 Å². The lowest BCUT2D eigenvalue weighted by atomic mass is 10.1. The molecule has 152 valence electrons. The maximum atomic E-state index is 12.5. The van der Waals surface area contributed by atoms with Gasteiger partial charge in [0.1, 0.15) is 17.9 Å². The summed E-state index contributed by atoms with van der Waals surface area (Å²) in [7, 11) is 0. The van der Waals surface area contributed by atoms with Crippen molar-refractivity contribution in [3.8, 4) is 0 Å². The summed E-state index contributed by atoms with van der Waals surface area (Å²) in [4.78, 5) is 44.1. The van der Waals surface area contributed by atoms with Gasteiger partial charge in [-0.05, 0) is 45.4 Å². The number of hydrogen-bond donors (Lipinski definition) is 1. The monoisotopic (exact) mass is 417 g/mol. The lowest BCUT2D eigenvalue weighted by Gasteiger charge is -2.08. The Bertz CT molecular complexity index is 1160. The Morgan fingerprint density at radius 2 is 1.97 bits per heavy atom. The molecule has 0 saturated carbocycles. The first-order valence-electron chi connectivity index (χ1n) is 8.92. The SMILES string of the molecule is Cc1[nH]c(C(=O)OCc2cc(=O)n3cc(Cl)ccc3n2)c(C)c1C(=O)OC(C)C. The summed E-state index contributed by atoms with van der Waals surface area (Å²) in [6, 6.07) is 4.48. The first kappa shape index (κ1) is 20.6. The normalized spacial score (nSPS) is 11.1. The number of esters is 2. The van der Waals surface area contributed by atoms with Crippen molar-refractivity contribution in [2.24, 2.45) is 0 Å². The first-order valence-corrected chi connectivity index (χ1v) is 9.30. The molecule has 0 aliphatic rings. The van der Waals surface area contributed by atoms with Gasteiger partial charge in [-0.15, -0.1) is 0 Å². The molecule has 0 radical (unpaired) electrons. The summed E-state index contributed by atoms with van der Waals surface area (Å²) in [5, 5.41) is 0.407. The number of halogens is 1. The van der Waals surface area contributed by atoms with Gasteiger partial charge in [-0.2, -0.15) is 0 Å². The minimum atomic E-state index is -0.660. The van der Waals surface area contributed by atoms with Crippen LogP contribution in [0.2, 0.25) is 5.02 Å². The van der Waals surface area contributed by atoms with Gasteiger partial charge in [-0.3, -0.25) is 9.20 Å². The van der Waals surface area contributed by atoms with E-state index in [2.05, 4.69) is 9.97 Å². The third kappa shape index (κ3) is 4.32. The lowest BCUT2D eigenvalue weighted by molar-refractivity contribution is 0.0376. The highest BCUT2D eigenvalue weighted by atomic mass is 35.5. The largest absolute Gasteiger partial charge is 0.459 e. The number of nitrogens with zero attached hydrogens (tertiary/aromatic N) is 2. The number of aryl methyl sites for hydroxylation is 1. The van der Waals surface area contributed by atoms with E-state index in [4.69, 9.17) is 21.1 Å². The van der Waals surface area contributed by atoms with Gasteiger partial charge >= 0.3 is 11.9 Å². The van der Waals surface area contributed by atoms with Crippen LogP contribution in [0.3, 0.4) is 0 Å². The fourth-order valence-electron chi connectivity index (χ4n) is 2.94. The minimum Gasteiger partial charge on any atom is -0.459 e. The molecule has 3 rings (SSSR count). The summed E-state index contributed by atoms with van der Waals surface area (Å²) in [5.74, 6) is -1.17. The maximum Gasteiger partial charge on any atom is 0.355 e. The summed E-state index contributed by atoms with van der Waals surface area (Å²) < 4.78 is 11.8. The number of ether oxygens (including phenoxy) is 2. The van der Waals surface area contributed by atoms with Crippen LogP contribution in [0.5, 0.6) is 0 Å². The molecule has 1 N–H and O–H groups in total. The summed E-state index contributed by atoms with van der Waals surface area (Å²) in [6.07, 6.45) is 1.19. The van der Waals surface area contributed by atoms with Crippen LogP contribution in [0, 0.1) is 13.8 Å². The topological polar surface area (TPSA) is 103 Å². The van der Waals surface area contributed by atoms with Gasteiger partial charge < -0.3 is 14.5 Å². The number of aromatic nitrogens is 3. The van der Waals surface area contributed by atoms with Crippen molar-refractivity contribution in [1.82, 2.24) is 14.4 Å². The quantitative estimate of drug-likeness (QED) is 0.639. The Balaban J connectivity index is 1.80. The summed E-state index contributed by atoms with van der Waals surface area (Å²) >= 11 is 5.89. The van der Waals surface area contributed by atoms with E-state index in [1.165, 1.54) is 16.7 Å². The molecule has 0 aliphatic carbocycles. The predicted molar refractivity (Wildman–Crippen MR) is 106 cm³/mol. The number of hydrogen-bond acceptors (Lipinski definition) is 6. The maximum absolute atomic E-state index is 12.5. The molecule has 8 nitrogen and oxygen atoms in total. The van der Waals surface area contributed by atoms with E-state index >= 15 is 0 Å². The fraction of sp³-hybridized carbons (Fsp3) is 0.300. The Hall–Kier alpha value is -3.13. The van der Waals surface area contributed by atoms with E-state index in [0.29, 0.717) is 33.2 Å². The highest BCUT2D eigenvalue weighted by molar-refractivity contribution is 6.30. The molecule has 0 aliphatic heterocycles. The second-order valence-electron chi connectivity index (χ2n) is 6.82. The number of nitrogens with one attached hydrogen (secondary N) is 1. The van der Waals surface area contributed by atoms with Gasteiger partial charge in [0.15, 0.2) is 0 Å². The van der Waals surface area contributed by atoms with Crippen molar-refractivity contribution in [3.63, 3.8) is 0 Å². The number of H-pyrrole nitrogens is 1. The fourth-order valence-corrected chi connectivity index (χ4v) is 3.11. The molecule has 9 heteroatoms. The average molecular weight is 418 g/mol. The smallest absolute Gasteiger partial charge is 0.355 e. The highest BCUT2D eigenvalue weighted by Crippen LogP contribution is 2.20. The molecule has 0 spiro atoms. The predicted octanol–water partition coefficient (Wildman–Crippen LogP) is 3.22. The molecule has 3 aromatic rings. The number of carbonyl (C=O) groups excluding carboxylic acids is 2. The molecular formula is C20H20ClN3O5. The average Bonchev–Trinajstić information content (AvgIpc) is 2.94. The third-order valence-corrected chi connectivity index (χ3v) is 4.44. The number of rotatable bonds is 5. The van der Waals surface area contributed by atoms with Gasteiger partial charge in [-0.25, -0.2) is 14.6 Å². The molecule has 3 heterocycles. The van der Waals surface area contributed by atoms with Crippen LogP contribution in [0.25, 0.3) is 5.65 Å². The van der Waals surface area contributed by atoms with Crippen LogP contribution in [-0.2, 0) is 16.1 Å². The van der Waals surface area contributed by atoms with Crippen molar-refractivity contribution >= 4 is 29.2 Å². The molecule has 0 unspecified atom stereocenters. The van der Waals surface area contributed by atoms with Crippen LogP contribution in [0.4, 0.5) is 0 Å². The van der Waals surface area contributed by atoms with Crippen molar-refractivity contribution in [1.29, 1.82) is 0 Å². The second kappa shape index (κ2) is 8.08. The minimum absolute atomic E-state index is 0.155. The van der Waals surface area contributed by atoms with Crippen molar-refractivity contribution in [3.05, 3.63) is 68.0 Å². The van der Waals surface area contributed by atoms with E-state index < -0.39 is 11.9 Å². The van der Waals surface area contributed by atoms with Gasteiger partial charge in [0, 0.05) is 18.0 Å². The molecule has 0 saturated heterocycles. The zero-order valence-electron chi connectivity index (χ0n) is 16.4. The van der Waals surface area contributed by atoms with Crippen molar-refractivity contribution in [2.75, 3.05) is 0 Å². The van der Waals surface area contributed by atoms with E-state index in [-0.39, 0.29) is 24.0 Å². The standard InChI is InChI=1S/C20H20ClN3O5/c1-10(2)29-19(26)17-11(3)18(22-12(17)4)20(27)28-9-14-7-16(25)24-8-13(21)5-6-15(24)23-14/h5-8,10,22H,9H2,1-4H3. The van der Waals surface area contributed by atoms with Crippen LogP contribution in [0.15, 0.2) is 29.2 Å². The summed E-state index contributed by atoms with van der Waals surface area (Å²) in [6.45, 7) is 6.62. The third-order valence-electron chi connectivity index (χ3n) is 4.22. The van der Waals surface area contributed by atoms with Gasteiger partial charge in [0.05, 0.1) is 22.4 Å². The van der Waals surface area contributed by atoms with E-state index in [0.717, 1.165) is 0 Å². The molecule has 29 heavy (non-hydrogen) atoms. The molecule has 0 atom stereocenters. The Labute approximate surface area is 171 Å². The van der Waals surface area contributed by atoms with E-state index in [9.17, 15) is 14.4 Å². The molecule has 0 aromatic carbocycles. The number of carbonyl (C=O) groups is 2. The molecule has 0 amide bonds. The zero-order chi connectivity index (χ0) is 21.3. The van der Waals surface area contributed by atoms with Crippen LogP contribution in [-0.4, -0.2) is 32.4 Å². The molecule has 0 bridgehead atoms. The van der Waals surface area contributed by atoms with Gasteiger partial charge in [-0.1, -0.05) is 11.6 Å². The van der Waals surface area contributed by atoms with Gasteiger partial charge in [0.25, 0.3) is 5.56 Å². The van der Waals surface area contributed by atoms with Crippen LogP contribution >= 0.6 is 11.6 Å². The molecular weight excluding hydrogens is 398 g/mol. The number of fused-ring (bicyclic) bond motifs is 1. The second-order valence-corrected chi connectivity index (χ2v) is 7.25. The number of aromatic amines is 1. The van der Waals surface area contributed by atoms with E-state index in [1.54, 1.807) is 39.8 Å². The highest BCUT2D eigenvalue weighted by Gasteiger charge is 2.24. The van der Waals surface area contributed by atoms with Crippen molar-refractivity contribution in [2.45, 2.75) is 40.4 Å². The van der Waals surface area contributed by atoms with Crippen LogP contribution < -0.4 is 5.56 Å². The Morgan fingerprint density at radius 1 is 1.24 bits per heavy atom. The zero-order valence-corrected chi connectivity index (χ0v) is 17.2. The Kier molecular flexibility index (Phi) is 5.74. The van der Waals surface area contributed by atoms with E-state index in [1.807, 2.05) is 0 Å². The lowest BCUT2D eigenvalue weighted by Crippen LogP contribution is -2.17. The van der Waals surface area contributed by atoms with Crippen molar-refractivity contribution < 1.29 is 19.1 Å². The van der Waals surface area contributed by atoms with Crippen LogP contribution in [0.1, 0.15) is 51.6 Å². The summed E-state index contributed by atoms with van der Waals surface area (Å²) in [5.41, 5.74) is 1.77. The first-order chi connectivity index (χ1) is 13.7. The number of pyridine rings is 1. The molecule has 0 fully saturated rings. The molecule has 3 aromatic heterocycles.